The van der Waals surface area contributed by atoms with Gasteiger partial charge in [-0.1, -0.05) is 0 Å². The predicted molar refractivity (Wildman–Crippen MR) is 53.5 cm³/mol. The van der Waals surface area contributed by atoms with E-state index in [1.54, 1.807) is 0 Å². The number of methoxy groups -OCH3 is 1. The quantitative estimate of drug-likeness (QED) is 0.598. The van der Waals surface area contributed by atoms with Crippen molar-refractivity contribution in [3.05, 3.63) is 21.0 Å². The molecule has 16 heavy (non-hydrogen) atoms. The molecule has 1 aromatic rings. The molecule has 0 N–H and O–H groups in total. The third kappa shape index (κ3) is 2.53. The Balaban J connectivity index is 3.41. The van der Waals surface area contributed by atoms with Crippen LogP contribution in [-0.4, -0.2) is 12.1 Å². The van der Waals surface area contributed by atoms with Crippen LogP contribution in [0.5, 0.6) is 5.75 Å². The fourth-order valence-electron chi connectivity index (χ4n) is 1.03. The Morgan fingerprint density at radius 1 is 1.38 bits per heavy atom. The predicted octanol–water partition coefficient (Wildman–Crippen LogP) is 3.65. The highest BCUT2D eigenvalue weighted by molar-refractivity contribution is 14.1. The van der Waals surface area contributed by atoms with Gasteiger partial charge in [0.15, 0.2) is 5.75 Å². The zero-order valence-electron chi connectivity index (χ0n) is 7.78. The molecule has 1 heterocycles. The second-order valence-electron chi connectivity index (χ2n) is 2.70. The molecular weight excluding hydrogens is 348 g/mol. The van der Waals surface area contributed by atoms with Gasteiger partial charge >= 0.3 is 6.18 Å². The number of nitrogens with zero attached hydrogens (tertiary/aromatic N) is 1. The van der Waals surface area contributed by atoms with Crippen LogP contribution in [0.2, 0.25) is 0 Å². The first-order chi connectivity index (χ1) is 7.29. The maximum Gasteiger partial charge on any atom is 0.419 e. The summed E-state index contributed by atoms with van der Waals surface area (Å²) in [6.07, 6.45) is -7.24. The second-order valence-corrected chi connectivity index (χ2v) is 3.78. The molecule has 90 valence electrons. The fraction of sp³-hybridized carbons (Fsp3) is 0.375. The molecule has 0 aliphatic heterocycles. The summed E-state index contributed by atoms with van der Waals surface area (Å²) in [4.78, 5) is 3.08. The zero-order chi connectivity index (χ0) is 12.5. The fourth-order valence-corrected chi connectivity index (χ4v) is 1.97. The Morgan fingerprint density at radius 2 is 1.94 bits per heavy atom. The molecule has 0 saturated carbocycles. The maximum atomic E-state index is 12.4. The number of ether oxygens (including phenoxy) is 1. The van der Waals surface area contributed by atoms with Gasteiger partial charge in [0.25, 0.3) is 6.43 Å². The van der Waals surface area contributed by atoms with E-state index in [2.05, 4.69) is 9.72 Å². The Bertz CT molecular complexity index is 393. The molecule has 2 nitrogen and oxygen atoms in total. The molecule has 0 atom stereocenters. The summed E-state index contributed by atoms with van der Waals surface area (Å²) in [5, 5.41) is 0. The summed E-state index contributed by atoms with van der Waals surface area (Å²) in [6.45, 7) is 0. The minimum atomic E-state index is -4.64. The summed E-state index contributed by atoms with van der Waals surface area (Å²) in [5.41, 5.74) is -1.88. The largest absolute Gasteiger partial charge is 0.493 e. The molecule has 0 aliphatic rings. The van der Waals surface area contributed by atoms with Gasteiger partial charge in [-0.15, -0.1) is 0 Å². The molecule has 0 spiro atoms. The van der Waals surface area contributed by atoms with Crippen LogP contribution < -0.4 is 4.74 Å². The van der Waals surface area contributed by atoms with Gasteiger partial charge in [-0.2, -0.15) is 13.2 Å². The van der Waals surface area contributed by atoms with Crippen LogP contribution in [0.3, 0.4) is 0 Å². The van der Waals surface area contributed by atoms with E-state index in [1.165, 1.54) is 22.6 Å². The number of halogens is 6. The minimum absolute atomic E-state index is 0.381. The Hall–Kier alpha value is -0.670. The third-order valence-electron chi connectivity index (χ3n) is 1.72. The van der Waals surface area contributed by atoms with Crippen molar-refractivity contribution in [1.82, 2.24) is 4.98 Å². The van der Waals surface area contributed by atoms with Crippen LogP contribution in [-0.2, 0) is 6.18 Å². The van der Waals surface area contributed by atoms with Crippen molar-refractivity contribution in [2.75, 3.05) is 7.11 Å². The molecule has 0 radical (unpaired) electrons. The molecule has 0 amide bonds. The van der Waals surface area contributed by atoms with Gasteiger partial charge in [0, 0.05) is 6.20 Å². The lowest BCUT2D eigenvalue weighted by Gasteiger charge is -2.14. The third-order valence-corrected chi connectivity index (χ3v) is 2.79. The topological polar surface area (TPSA) is 22.1 Å². The van der Waals surface area contributed by atoms with Crippen molar-refractivity contribution in [3.63, 3.8) is 0 Å². The van der Waals surface area contributed by atoms with Crippen LogP contribution in [0.4, 0.5) is 22.0 Å². The number of alkyl halides is 5. The van der Waals surface area contributed by atoms with Gasteiger partial charge in [-0.05, 0) is 22.6 Å². The van der Waals surface area contributed by atoms with Crippen molar-refractivity contribution in [2.45, 2.75) is 12.6 Å². The average molecular weight is 353 g/mol. The highest BCUT2D eigenvalue weighted by atomic mass is 127. The van der Waals surface area contributed by atoms with Gasteiger partial charge in [0.1, 0.15) is 5.69 Å². The number of pyridine rings is 1. The van der Waals surface area contributed by atoms with Crippen molar-refractivity contribution in [3.8, 4) is 5.75 Å². The molecular formula is C8H5F5INO. The summed E-state index contributed by atoms with van der Waals surface area (Å²) in [5.74, 6) is -0.537. The molecule has 0 aliphatic carbocycles. The van der Waals surface area contributed by atoms with Gasteiger partial charge in [0.2, 0.25) is 0 Å². The van der Waals surface area contributed by atoms with E-state index in [9.17, 15) is 22.0 Å². The van der Waals surface area contributed by atoms with Crippen LogP contribution >= 0.6 is 22.6 Å². The second kappa shape index (κ2) is 4.68. The van der Waals surface area contributed by atoms with E-state index in [0.717, 1.165) is 7.11 Å². The van der Waals surface area contributed by atoms with E-state index in [1.807, 2.05) is 0 Å². The lowest BCUT2D eigenvalue weighted by molar-refractivity contribution is -0.138. The summed E-state index contributed by atoms with van der Waals surface area (Å²) in [7, 11) is 1.02. The summed E-state index contributed by atoms with van der Waals surface area (Å²) < 4.78 is 66.1. The van der Waals surface area contributed by atoms with Gasteiger partial charge in [-0.25, -0.2) is 8.78 Å². The number of hydrogen-bond acceptors (Lipinski definition) is 2. The first kappa shape index (κ1) is 13.4. The van der Waals surface area contributed by atoms with Crippen LogP contribution in [0, 0.1) is 3.57 Å². The van der Waals surface area contributed by atoms with Crippen molar-refractivity contribution in [1.29, 1.82) is 0 Å². The monoisotopic (exact) mass is 353 g/mol. The lowest BCUT2D eigenvalue weighted by atomic mass is 10.2. The highest BCUT2D eigenvalue weighted by Gasteiger charge is 2.36. The van der Waals surface area contributed by atoms with Crippen LogP contribution in [0.25, 0.3) is 0 Å². The Labute approximate surface area is 101 Å². The molecule has 1 aromatic heterocycles. The van der Waals surface area contributed by atoms with Crippen molar-refractivity contribution in [2.24, 2.45) is 0 Å². The standard InChI is InChI=1S/C8H5F5INO/c1-16-6-4(14)3(8(11,12)13)2-15-5(6)7(9)10/h2,7H,1H3. The lowest BCUT2D eigenvalue weighted by Crippen LogP contribution is -2.11. The molecule has 0 bridgehead atoms. The number of aromatic nitrogens is 1. The summed E-state index contributed by atoms with van der Waals surface area (Å²) in [6, 6.07) is 0. The SMILES string of the molecule is COc1c(C(F)F)ncc(C(F)(F)F)c1I. The van der Waals surface area contributed by atoms with E-state index in [4.69, 9.17) is 0 Å². The Morgan fingerprint density at radius 3 is 2.31 bits per heavy atom. The van der Waals surface area contributed by atoms with Crippen LogP contribution in [0.15, 0.2) is 6.20 Å². The van der Waals surface area contributed by atoms with Crippen molar-refractivity contribution >= 4 is 22.6 Å². The molecule has 0 saturated heterocycles. The molecule has 0 unspecified atom stereocenters. The van der Waals surface area contributed by atoms with Gasteiger partial charge in [-0.3, -0.25) is 4.98 Å². The molecule has 1 rings (SSSR count). The smallest absolute Gasteiger partial charge is 0.419 e. The highest BCUT2D eigenvalue weighted by Crippen LogP contribution is 2.39. The van der Waals surface area contributed by atoms with Gasteiger partial charge in [0.05, 0.1) is 16.2 Å². The van der Waals surface area contributed by atoms with E-state index in [-0.39, 0.29) is 0 Å². The first-order valence-electron chi connectivity index (χ1n) is 3.86. The average Bonchev–Trinajstić information content (AvgIpc) is 2.14. The molecule has 0 fully saturated rings. The normalized spacial score (nSPS) is 12.0. The molecule has 8 heteroatoms. The van der Waals surface area contributed by atoms with E-state index in [0.29, 0.717) is 6.20 Å². The first-order valence-corrected chi connectivity index (χ1v) is 4.94. The summed E-state index contributed by atoms with van der Waals surface area (Å²) >= 11 is 1.31. The minimum Gasteiger partial charge on any atom is -0.493 e. The van der Waals surface area contributed by atoms with Crippen LogP contribution in [0.1, 0.15) is 17.7 Å². The zero-order valence-corrected chi connectivity index (χ0v) is 9.94. The number of rotatable bonds is 2. The van der Waals surface area contributed by atoms with E-state index >= 15 is 0 Å². The molecule has 0 aromatic carbocycles. The Kier molecular flexibility index (Phi) is 3.92. The maximum absolute atomic E-state index is 12.4. The van der Waals surface area contributed by atoms with E-state index < -0.39 is 33.2 Å². The van der Waals surface area contributed by atoms with Crippen molar-refractivity contribution < 1.29 is 26.7 Å². The number of hydrogen-bond donors (Lipinski definition) is 0. The van der Waals surface area contributed by atoms with Gasteiger partial charge < -0.3 is 4.74 Å².